The van der Waals surface area contributed by atoms with Crippen molar-refractivity contribution in [2.75, 3.05) is 18.4 Å². The number of hydrogen-bond donors (Lipinski definition) is 1. The maximum atomic E-state index is 12.9. The molecule has 2 aliphatic rings. The van der Waals surface area contributed by atoms with Crippen LogP contribution in [0.15, 0.2) is 42.5 Å². The highest BCUT2D eigenvalue weighted by Crippen LogP contribution is 2.32. The number of likely N-dealkylation sites (tertiary alicyclic amines) is 1. The van der Waals surface area contributed by atoms with Crippen molar-refractivity contribution in [1.82, 2.24) is 9.88 Å². The molecule has 5 heteroatoms. The molecule has 0 radical (unpaired) electrons. The van der Waals surface area contributed by atoms with E-state index in [0.29, 0.717) is 5.91 Å². The summed E-state index contributed by atoms with van der Waals surface area (Å²) in [6.07, 6.45) is 6.59. The van der Waals surface area contributed by atoms with Gasteiger partial charge in [-0.15, -0.1) is 0 Å². The van der Waals surface area contributed by atoms with Gasteiger partial charge >= 0.3 is 0 Å². The fraction of sp³-hybridized carbons (Fsp3) is 0.458. The number of piperidine rings is 1. The molecule has 2 aromatic rings. The van der Waals surface area contributed by atoms with Crippen LogP contribution in [0.5, 0.6) is 0 Å². The van der Waals surface area contributed by atoms with Crippen LogP contribution in [0.2, 0.25) is 0 Å². The third-order valence-corrected chi connectivity index (χ3v) is 6.11. The van der Waals surface area contributed by atoms with E-state index in [4.69, 9.17) is 4.98 Å². The quantitative estimate of drug-likeness (QED) is 0.828. The van der Waals surface area contributed by atoms with E-state index in [1.807, 2.05) is 36.4 Å². The first-order valence-corrected chi connectivity index (χ1v) is 10.7. The summed E-state index contributed by atoms with van der Waals surface area (Å²) in [7, 11) is 0. The maximum absolute atomic E-state index is 12.9. The lowest BCUT2D eigenvalue weighted by Crippen LogP contribution is -2.42. The summed E-state index contributed by atoms with van der Waals surface area (Å²) < 4.78 is 0. The average Bonchev–Trinajstić information content (AvgIpc) is 3.28. The Morgan fingerprint density at radius 3 is 2.62 bits per heavy atom. The Labute approximate surface area is 172 Å². The monoisotopic (exact) mass is 391 g/mol. The number of nitrogens with one attached hydrogen (secondary N) is 1. The van der Waals surface area contributed by atoms with Crippen molar-refractivity contribution in [2.24, 2.45) is 5.92 Å². The molecular weight excluding hydrogens is 362 g/mol. The molecule has 1 N–H and O–H groups in total. The Hall–Kier alpha value is -2.69. The van der Waals surface area contributed by atoms with Gasteiger partial charge in [-0.05, 0) is 49.9 Å². The van der Waals surface area contributed by atoms with E-state index >= 15 is 0 Å². The highest BCUT2D eigenvalue weighted by molar-refractivity contribution is 5.89. The van der Waals surface area contributed by atoms with Gasteiger partial charge in [0.1, 0.15) is 0 Å². The number of nitrogens with zero attached hydrogens (tertiary/aromatic N) is 2. The fourth-order valence-corrected chi connectivity index (χ4v) is 4.65. The first-order valence-electron chi connectivity index (χ1n) is 10.7. The van der Waals surface area contributed by atoms with Crippen molar-refractivity contribution in [3.63, 3.8) is 0 Å². The number of pyridine rings is 1. The lowest BCUT2D eigenvalue weighted by molar-refractivity contribution is -0.136. The third kappa shape index (κ3) is 4.66. The molecule has 2 fully saturated rings. The molecule has 1 aromatic carbocycles. The van der Waals surface area contributed by atoms with E-state index < -0.39 is 0 Å². The number of benzene rings is 1. The first kappa shape index (κ1) is 19.6. The molecule has 1 saturated heterocycles. The summed E-state index contributed by atoms with van der Waals surface area (Å²) in [4.78, 5) is 31.2. The molecule has 0 bridgehead atoms. The van der Waals surface area contributed by atoms with Gasteiger partial charge in [0.2, 0.25) is 11.8 Å². The SMILES string of the molecule is CC(=O)Nc1cccc(-c2cccc([C@H]3CCCN(C(=O)C4CCCC4)C3)n2)c1. The second-order valence-electron chi connectivity index (χ2n) is 8.31. The van der Waals surface area contributed by atoms with E-state index in [9.17, 15) is 9.59 Å². The summed E-state index contributed by atoms with van der Waals surface area (Å²) in [5.74, 6) is 0.793. The second-order valence-corrected chi connectivity index (χ2v) is 8.31. The predicted octanol–water partition coefficient (Wildman–Crippen LogP) is 4.60. The number of rotatable bonds is 4. The number of amides is 2. The summed E-state index contributed by atoms with van der Waals surface area (Å²) in [5.41, 5.74) is 3.70. The number of carbonyl (C=O) groups is 2. The molecule has 0 unspecified atom stereocenters. The second kappa shape index (κ2) is 8.76. The standard InChI is InChI=1S/C24H29N3O2/c1-17(28)25-21-11-4-9-19(15-21)22-12-5-13-23(26-22)20-10-6-14-27(16-20)24(29)18-7-2-3-8-18/h4-5,9,11-13,15,18,20H,2-3,6-8,10,14,16H2,1H3,(H,25,28)/t20-/m0/s1. The van der Waals surface area contributed by atoms with Crippen LogP contribution in [-0.2, 0) is 9.59 Å². The number of carbonyl (C=O) groups excluding carboxylic acids is 2. The van der Waals surface area contributed by atoms with Crippen LogP contribution in [0.25, 0.3) is 11.3 Å². The highest BCUT2D eigenvalue weighted by atomic mass is 16.2. The van der Waals surface area contributed by atoms with E-state index in [1.165, 1.54) is 19.8 Å². The Kier molecular flexibility index (Phi) is 5.93. The number of anilines is 1. The molecule has 29 heavy (non-hydrogen) atoms. The van der Waals surface area contributed by atoms with Crippen LogP contribution in [0.3, 0.4) is 0 Å². The molecule has 1 atom stereocenters. The molecule has 2 heterocycles. The normalized spacial score (nSPS) is 19.9. The average molecular weight is 392 g/mol. The zero-order valence-corrected chi connectivity index (χ0v) is 17.1. The van der Waals surface area contributed by atoms with Crippen LogP contribution >= 0.6 is 0 Å². The smallest absolute Gasteiger partial charge is 0.225 e. The van der Waals surface area contributed by atoms with Crippen LogP contribution < -0.4 is 5.32 Å². The van der Waals surface area contributed by atoms with Gasteiger partial charge in [0.05, 0.1) is 5.69 Å². The molecule has 4 rings (SSSR count). The summed E-state index contributed by atoms with van der Waals surface area (Å²) >= 11 is 0. The van der Waals surface area contributed by atoms with Crippen molar-refractivity contribution >= 4 is 17.5 Å². The van der Waals surface area contributed by atoms with Gasteiger partial charge in [-0.3, -0.25) is 14.6 Å². The fourth-order valence-electron chi connectivity index (χ4n) is 4.65. The van der Waals surface area contributed by atoms with Crippen molar-refractivity contribution in [2.45, 2.75) is 51.4 Å². The van der Waals surface area contributed by atoms with E-state index in [-0.39, 0.29) is 17.7 Å². The minimum absolute atomic E-state index is 0.0851. The number of hydrogen-bond acceptors (Lipinski definition) is 3. The minimum atomic E-state index is -0.0851. The molecule has 5 nitrogen and oxygen atoms in total. The van der Waals surface area contributed by atoms with Gasteiger partial charge in [-0.1, -0.05) is 31.0 Å². The van der Waals surface area contributed by atoms with Crippen molar-refractivity contribution < 1.29 is 9.59 Å². The first-order chi connectivity index (χ1) is 14.1. The zero-order chi connectivity index (χ0) is 20.2. The van der Waals surface area contributed by atoms with Gasteiger partial charge in [0.25, 0.3) is 0 Å². The van der Waals surface area contributed by atoms with Crippen molar-refractivity contribution in [3.05, 3.63) is 48.2 Å². The van der Waals surface area contributed by atoms with Crippen LogP contribution in [0, 0.1) is 5.92 Å². The van der Waals surface area contributed by atoms with Gasteiger partial charge in [0, 0.05) is 48.8 Å². The lowest BCUT2D eigenvalue weighted by Gasteiger charge is -2.34. The largest absolute Gasteiger partial charge is 0.342 e. The van der Waals surface area contributed by atoms with Gasteiger partial charge < -0.3 is 10.2 Å². The Balaban J connectivity index is 1.51. The van der Waals surface area contributed by atoms with Crippen LogP contribution in [-0.4, -0.2) is 34.8 Å². The van der Waals surface area contributed by atoms with Crippen LogP contribution in [0.4, 0.5) is 5.69 Å². The van der Waals surface area contributed by atoms with E-state index in [0.717, 1.165) is 61.4 Å². The minimum Gasteiger partial charge on any atom is -0.342 e. The van der Waals surface area contributed by atoms with Crippen molar-refractivity contribution in [1.29, 1.82) is 0 Å². The summed E-state index contributed by atoms with van der Waals surface area (Å²) in [5, 5.41) is 2.83. The topological polar surface area (TPSA) is 62.3 Å². The molecule has 1 aliphatic heterocycles. The summed E-state index contributed by atoms with van der Waals surface area (Å²) in [6.45, 7) is 3.16. The number of aromatic nitrogens is 1. The highest BCUT2D eigenvalue weighted by Gasteiger charge is 2.31. The lowest BCUT2D eigenvalue weighted by atomic mass is 9.92. The van der Waals surface area contributed by atoms with Crippen LogP contribution in [0.1, 0.15) is 57.1 Å². The van der Waals surface area contributed by atoms with Crippen molar-refractivity contribution in [3.8, 4) is 11.3 Å². The zero-order valence-electron chi connectivity index (χ0n) is 17.1. The molecule has 152 valence electrons. The molecule has 1 aromatic heterocycles. The Bertz CT molecular complexity index is 889. The Morgan fingerprint density at radius 1 is 1.03 bits per heavy atom. The molecule has 1 aliphatic carbocycles. The van der Waals surface area contributed by atoms with Gasteiger partial charge in [-0.2, -0.15) is 0 Å². The molecular formula is C24H29N3O2. The van der Waals surface area contributed by atoms with Gasteiger partial charge in [0.15, 0.2) is 0 Å². The van der Waals surface area contributed by atoms with E-state index in [2.05, 4.69) is 16.3 Å². The third-order valence-electron chi connectivity index (χ3n) is 6.11. The molecule has 0 spiro atoms. The van der Waals surface area contributed by atoms with E-state index in [1.54, 1.807) is 0 Å². The van der Waals surface area contributed by atoms with Gasteiger partial charge in [-0.25, -0.2) is 0 Å². The predicted molar refractivity (Wildman–Crippen MR) is 114 cm³/mol. The molecule has 1 saturated carbocycles. The molecule has 2 amide bonds. The summed E-state index contributed by atoms with van der Waals surface area (Å²) in [6, 6.07) is 13.9. The maximum Gasteiger partial charge on any atom is 0.225 e. The Morgan fingerprint density at radius 2 is 1.83 bits per heavy atom.